The lowest BCUT2D eigenvalue weighted by atomic mass is 9.73. The Kier molecular flexibility index (Phi) is 4.93. The Morgan fingerprint density at radius 2 is 2.06 bits per heavy atom. The Morgan fingerprint density at radius 1 is 1.18 bits per heavy atom. The minimum Gasteiger partial charge on any atom is -0.497 e. The van der Waals surface area contributed by atoms with Crippen LogP contribution in [0.3, 0.4) is 0 Å². The fraction of sp³-hybridized carbons (Fsp3) is 0.333. The van der Waals surface area contributed by atoms with E-state index >= 15 is 0 Å². The molecule has 0 amide bonds. The number of aromatic nitrogens is 2. The smallest absolute Gasteiger partial charge is 0.246 e. The molecule has 168 valence electrons. The maximum atomic E-state index is 11.7. The molecule has 7 rings (SSSR count). The largest absolute Gasteiger partial charge is 0.497 e. The van der Waals surface area contributed by atoms with Gasteiger partial charge in [-0.2, -0.15) is 0 Å². The molecule has 0 aliphatic carbocycles. The summed E-state index contributed by atoms with van der Waals surface area (Å²) >= 11 is 0. The minimum atomic E-state index is -0.653. The molecule has 3 saturated heterocycles. The Bertz CT molecular complexity index is 1310. The number of nitrogens with zero attached hydrogens (tertiary/aromatic N) is 3. The molecule has 6 heteroatoms. The zero-order chi connectivity index (χ0) is 22.5. The maximum absolute atomic E-state index is 11.7. The standard InChI is InChI=1S/C27H27N3O3/c1-3-16-15-30-11-10-17(16)12-24(30)26(31)20-14-23(27-29-22-6-4-5-7-25(22)33-27)28-21-9-8-18(32-2)13-19(20)21/h3-9,13-14,16-17,24,26,31H,1,10-12,15H2,2H3/t16?,17?,24?,26-/m1/s1. The van der Waals surface area contributed by atoms with Crippen molar-refractivity contribution >= 4 is 22.0 Å². The van der Waals surface area contributed by atoms with Crippen LogP contribution in [0.5, 0.6) is 5.75 Å². The van der Waals surface area contributed by atoms with Crippen LogP contribution in [0.25, 0.3) is 33.6 Å². The number of aliphatic hydroxyl groups is 1. The van der Waals surface area contributed by atoms with E-state index in [0.29, 0.717) is 23.4 Å². The van der Waals surface area contributed by atoms with Gasteiger partial charge in [0.15, 0.2) is 5.58 Å². The van der Waals surface area contributed by atoms with Gasteiger partial charge in [0.25, 0.3) is 0 Å². The van der Waals surface area contributed by atoms with Gasteiger partial charge in [-0.15, -0.1) is 6.58 Å². The third-order valence-corrected chi connectivity index (χ3v) is 7.40. The summed E-state index contributed by atoms with van der Waals surface area (Å²) in [6.45, 7) is 6.00. The third kappa shape index (κ3) is 3.41. The average molecular weight is 442 g/mol. The van der Waals surface area contributed by atoms with Crippen molar-refractivity contribution in [3.63, 3.8) is 0 Å². The lowest BCUT2D eigenvalue weighted by molar-refractivity contribution is -0.0444. The van der Waals surface area contributed by atoms with Crippen molar-refractivity contribution in [3.8, 4) is 17.3 Å². The van der Waals surface area contributed by atoms with Crippen molar-refractivity contribution in [1.29, 1.82) is 0 Å². The Morgan fingerprint density at radius 3 is 2.82 bits per heavy atom. The van der Waals surface area contributed by atoms with Crippen LogP contribution < -0.4 is 4.74 Å². The molecule has 33 heavy (non-hydrogen) atoms. The molecule has 4 unspecified atom stereocenters. The summed E-state index contributed by atoms with van der Waals surface area (Å²) in [7, 11) is 1.65. The normalized spacial score (nSPS) is 25.4. The number of ether oxygens (including phenoxy) is 1. The van der Waals surface area contributed by atoms with Crippen molar-refractivity contribution in [2.24, 2.45) is 11.8 Å². The number of aliphatic hydroxyl groups excluding tert-OH is 1. The number of hydrogen-bond donors (Lipinski definition) is 1. The summed E-state index contributed by atoms with van der Waals surface area (Å²) in [5.41, 5.74) is 3.75. The molecule has 6 nitrogen and oxygen atoms in total. The summed E-state index contributed by atoms with van der Waals surface area (Å²) in [4.78, 5) is 11.9. The van der Waals surface area contributed by atoms with Gasteiger partial charge in [-0.25, -0.2) is 9.97 Å². The van der Waals surface area contributed by atoms with Crippen LogP contribution in [0.4, 0.5) is 0 Å². The zero-order valence-corrected chi connectivity index (χ0v) is 18.6. The predicted octanol–water partition coefficient (Wildman–Crippen LogP) is 4.98. The van der Waals surface area contributed by atoms with E-state index in [0.717, 1.165) is 52.8 Å². The molecule has 3 aliphatic rings. The van der Waals surface area contributed by atoms with Crippen molar-refractivity contribution < 1.29 is 14.3 Å². The van der Waals surface area contributed by atoms with E-state index in [-0.39, 0.29) is 6.04 Å². The molecule has 5 heterocycles. The van der Waals surface area contributed by atoms with E-state index in [1.165, 1.54) is 6.42 Å². The third-order valence-electron chi connectivity index (χ3n) is 7.40. The minimum absolute atomic E-state index is 0.0632. The summed E-state index contributed by atoms with van der Waals surface area (Å²) < 4.78 is 11.5. The molecule has 0 saturated carbocycles. The van der Waals surface area contributed by atoms with Crippen LogP contribution >= 0.6 is 0 Å². The first-order chi connectivity index (χ1) is 16.1. The first-order valence-electron chi connectivity index (χ1n) is 11.5. The molecule has 1 N–H and O–H groups in total. The van der Waals surface area contributed by atoms with Crippen LogP contribution in [0.1, 0.15) is 24.5 Å². The number of pyridine rings is 1. The van der Waals surface area contributed by atoms with E-state index < -0.39 is 6.10 Å². The zero-order valence-electron chi connectivity index (χ0n) is 18.6. The molecule has 2 bridgehead atoms. The highest BCUT2D eigenvalue weighted by Crippen LogP contribution is 2.43. The molecule has 5 atom stereocenters. The van der Waals surface area contributed by atoms with Crippen molar-refractivity contribution in [1.82, 2.24) is 14.9 Å². The van der Waals surface area contributed by atoms with Crippen LogP contribution in [0, 0.1) is 11.8 Å². The molecule has 0 spiro atoms. The second kappa shape index (κ2) is 7.97. The lowest BCUT2D eigenvalue weighted by Crippen LogP contribution is -2.54. The van der Waals surface area contributed by atoms with Gasteiger partial charge in [-0.05, 0) is 73.2 Å². The van der Waals surface area contributed by atoms with Crippen LogP contribution in [0.2, 0.25) is 0 Å². The fourth-order valence-electron chi connectivity index (χ4n) is 5.61. The highest BCUT2D eigenvalue weighted by molar-refractivity contribution is 5.87. The lowest BCUT2D eigenvalue weighted by Gasteiger charge is -2.50. The molecular formula is C27H27N3O3. The highest BCUT2D eigenvalue weighted by Gasteiger charge is 2.42. The summed E-state index contributed by atoms with van der Waals surface area (Å²) in [5.74, 6) is 2.28. The topological polar surface area (TPSA) is 71.6 Å². The second-order valence-corrected chi connectivity index (χ2v) is 9.16. The number of benzene rings is 2. The van der Waals surface area contributed by atoms with E-state index in [1.807, 2.05) is 48.5 Å². The van der Waals surface area contributed by atoms with Crippen molar-refractivity contribution in [3.05, 3.63) is 66.7 Å². The molecular weight excluding hydrogens is 414 g/mol. The summed E-state index contributed by atoms with van der Waals surface area (Å²) in [5, 5.41) is 12.6. The molecule has 3 fully saturated rings. The maximum Gasteiger partial charge on any atom is 0.246 e. The van der Waals surface area contributed by atoms with Gasteiger partial charge in [0, 0.05) is 18.0 Å². The van der Waals surface area contributed by atoms with Crippen molar-refractivity contribution in [2.45, 2.75) is 25.0 Å². The number of methoxy groups -OCH3 is 1. The van der Waals surface area contributed by atoms with Crippen molar-refractivity contribution in [2.75, 3.05) is 20.2 Å². The SMILES string of the molecule is C=CC1CN2CCC1CC2[C@H](O)c1cc(-c2nc3ccccc3o2)nc2ccc(OC)cc12. The Balaban J connectivity index is 1.47. The van der Waals surface area contributed by atoms with Crippen LogP contribution in [-0.4, -0.2) is 46.2 Å². The first kappa shape index (κ1) is 20.4. The fourth-order valence-corrected chi connectivity index (χ4v) is 5.61. The quantitative estimate of drug-likeness (QED) is 0.441. The number of hydrogen-bond acceptors (Lipinski definition) is 6. The van der Waals surface area contributed by atoms with E-state index in [9.17, 15) is 5.11 Å². The molecule has 3 aliphatic heterocycles. The second-order valence-electron chi connectivity index (χ2n) is 9.16. The van der Waals surface area contributed by atoms with Gasteiger partial charge in [-0.1, -0.05) is 18.2 Å². The number of piperidine rings is 3. The average Bonchev–Trinajstić information content (AvgIpc) is 3.32. The summed E-state index contributed by atoms with van der Waals surface area (Å²) in [6.07, 6.45) is 3.56. The van der Waals surface area contributed by atoms with E-state index in [2.05, 4.69) is 22.5 Å². The van der Waals surface area contributed by atoms with Gasteiger partial charge >= 0.3 is 0 Å². The molecule has 4 aromatic rings. The number of fused-ring (bicyclic) bond motifs is 5. The van der Waals surface area contributed by atoms with E-state index in [1.54, 1.807) is 7.11 Å². The number of oxazole rings is 1. The van der Waals surface area contributed by atoms with Gasteiger partial charge in [0.05, 0.1) is 18.7 Å². The monoisotopic (exact) mass is 441 g/mol. The van der Waals surface area contributed by atoms with Crippen LogP contribution in [-0.2, 0) is 0 Å². The van der Waals surface area contributed by atoms with Gasteiger partial charge < -0.3 is 14.3 Å². The Hall–Kier alpha value is -3.22. The first-order valence-corrected chi connectivity index (χ1v) is 11.5. The van der Waals surface area contributed by atoms with Gasteiger partial charge in [0.1, 0.15) is 17.0 Å². The summed E-state index contributed by atoms with van der Waals surface area (Å²) in [6, 6.07) is 15.5. The molecule has 2 aromatic carbocycles. The number of para-hydroxylation sites is 2. The number of rotatable bonds is 5. The highest BCUT2D eigenvalue weighted by atomic mass is 16.5. The van der Waals surface area contributed by atoms with Gasteiger partial charge in [0.2, 0.25) is 5.89 Å². The van der Waals surface area contributed by atoms with Crippen LogP contribution in [0.15, 0.2) is 65.6 Å². The molecule has 0 radical (unpaired) electrons. The molecule has 2 aromatic heterocycles. The Labute approximate surface area is 192 Å². The van der Waals surface area contributed by atoms with Gasteiger partial charge in [-0.3, -0.25) is 4.90 Å². The van der Waals surface area contributed by atoms with E-state index in [4.69, 9.17) is 14.1 Å². The predicted molar refractivity (Wildman–Crippen MR) is 128 cm³/mol.